The van der Waals surface area contributed by atoms with Gasteiger partial charge in [0.1, 0.15) is 21.9 Å². The van der Waals surface area contributed by atoms with Crippen LogP contribution in [0.3, 0.4) is 0 Å². The molecular formula is C20H22N4O5S3. The Hall–Kier alpha value is -2.31. The first-order chi connectivity index (χ1) is 15.3. The first-order valence-corrected chi connectivity index (χ1v) is 12.9. The summed E-state index contributed by atoms with van der Waals surface area (Å²) in [4.78, 5) is 55.5. The Kier molecular flexibility index (Phi) is 6.63. The fourth-order valence-corrected chi connectivity index (χ4v) is 7.06. The van der Waals surface area contributed by atoms with E-state index in [2.05, 4.69) is 10.3 Å². The highest BCUT2D eigenvalue weighted by Crippen LogP contribution is 2.44. The van der Waals surface area contributed by atoms with Crippen molar-refractivity contribution in [3.05, 3.63) is 45.1 Å². The monoisotopic (exact) mass is 494 g/mol. The highest BCUT2D eigenvalue weighted by molar-refractivity contribution is 8.00. The number of aliphatic carboxylic acids is 1. The van der Waals surface area contributed by atoms with Crippen LogP contribution in [0.15, 0.2) is 39.6 Å². The van der Waals surface area contributed by atoms with E-state index < -0.39 is 17.4 Å². The van der Waals surface area contributed by atoms with Crippen molar-refractivity contribution in [2.45, 2.75) is 36.3 Å². The number of thiophene rings is 1. The van der Waals surface area contributed by atoms with Gasteiger partial charge < -0.3 is 15.3 Å². The van der Waals surface area contributed by atoms with E-state index in [-0.39, 0.29) is 41.6 Å². The van der Waals surface area contributed by atoms with E-state index in [0.29, 0.717) is 17.3 Å². The number of hydrogen-bond donors (Lipinski definition) is 2. The van der Waals surface area contributed by atoms with E-state index >= 15 is 0 Å². The van der Waals surface area contributed by atoms with Gasteiger partial charge in [-0.3, -0.25) is 19.0 Å². The fraction of sp³-hybridized carbons (Fsp3) is 0.450. The maximum atomic E-state index is 12.7. The molecule has 0 spiro atoms. The van der Waals surface area contributed by atoms with Gasteiger partial charge in [-0.2, -0.15) is 4.98 Å². The second kappa shape index (κ2) is 9.28. The molecule has 0 radical (unpaired) electrons. The van der Waals surface area contributed by atoms with Crippen molar-refractivity contribution in [3.8, 4) is 0 Å². The number of nitrogens with zero attached hydrogens (tertiary/aromatic N) is 3. The third-order valence-corrected chi connectivity index (χ3v) is 9.20. The van der Waals surface area contributed by atoms with E-state index in [1.165, 1.54) is 44.3 Å². The smallest absolute Gasteiger partial charge is 0.348 e. The minimum absolute atomic E-state index is 0.0646. The average Bonchev–Trinajstić information content (AvgIpc) is 3.28. The summed E-state index contributed by atoms with van der Waals surface area (Å²) in [5, 5.41) is 14.8. The van der Waals surface area contributed by atoms with Crippen molar-refractivity contribution in [1.82, 2.24) is 19.8 Å². The summed E-state index contributed by atoms with van der Waals surface area (Å²) < 4.78 is 1.46. The van der Waals surface area contributed by atoms with E-state index in [4.69, 9.17) is 0 Å². The molecule has 9 nitrogen and oxygen atoms in total. The van der Waals surface area contributed by atoms with Crippen molar-refractivity contribution in [1.29, 1.82) is 0 Å². The normalized spacial score (nSPS) is 24.5. The van der Waals surface area contributed by atoms with E-state index in [9.17, 15) is 24.3 Å². The number of β-lactam (4-membered cyclic amide) rings is 1. The Morgan fingerprint density at radius 1 is 1.38 bits per heavy atom. The van der Waals surface area contributed by atoms with Crippen molar-refractivity contribution < 1.29 is 19.5 Å². The first kappa shape index (κ1) is 22.9. The van der Waals surface area contributed by atoms with Gasteiger partial charge in [0.05, 0.1) is 6.42 Å². The SMILES string of the molecule is CCn1ccc(SCC2(C(=O)O)CS[C@@H]3[C@H](NC(=O)Cc4cccs4)C(=O)N3C2)nc1=O. The molecule has 0 saturated carbocycles. The van der Waals surface area contributed by atoms with Gasteiger partial charge in [-0.05, 0) is 24.4 Å². The van der Waals surface area contributed by atoms with Gasteiger partial charge in [-0.25, -0.2) is 4.79 Å². The predicted octanol–water partition coefficient (Wildman–Crippen LogP) is 1.13. The van der Waals surface area contributed by atoms with Crippen molar-refractivity contribution in [3.63, 3.8) is 0 Å². The molecule has 0 aromatic carbocycles. The first-order valence-electron chi connectivity index (χ1n) is 10.0. The molecule has 170 valence electrons. The quantitative estimate of drug-likeness (QED) is 0.318. The molecule has 32 heavy (non-hydrogen) atoms. The number of carboxylic acids is 1. The van der Waals surface area contributed by atoms with Crippen LogP contribution in [-0.4, -0.2) is 66.8 Å². The van der Waals surface area contributed by atoms with Crippen LogP contribution in [0.4, 0.5) is 0 Å². The lowest BCUT2D eigenvalue weighted by molar-refractivity contribution is -0.157. The van der Waals surface area contributed by atoms with Crippen molar-refractivity contribution >= 4 is 52.6 Å². The molecule has 2 aliphatic heterocycles. The molecule has 1 unspecified atom stereocenters. The third-order valence-electron chi connectivity index (χ3n) is 5.52. The zero-order valence-corrected chi connectivity index (χ0v) is 19.7. The summed E-state index contributed by atoms with van der Waals surface area (Å²) in [7, 11) is 0. The molecule has 2 N–H and O–H groups in total. The minimum atomic E-state index is -1.16. The third kappa shape index (κ3) is 4.44. The highest BCUT2D eigenvalue weighted by Gasteiger charge is 2.57. The Bertz CT molecular complexity index is 1090. The second-order valence-electron chi connectivity index (χ2n) is 7.68. The van der Waals surface area contributed by atoms with Crippen molar-refractivity contribution in [2.75, 3.05) is 18.1 Å². The van der Waals surface area contributed by atoms with Gasteiger partial charge in [0.25, 0.3) is 0 Å². The van der Waals surface area contributed by atoms with Gasteiger partial charge in [0.15, 0.2) is 0 Å². The molecule has 3 atom stereocenters. The predicted molar refractivity (Wildman–Crippen MR) is 123 cm³/mol. The number of rotatable bonds is 8. The van der Waals surface area contributed by atoms with Crippen LogP contribution in [0.5, 0.6) is 0 Å². The molecule has 2 saturated heterocycles. The Balaban J connectivity index is 1.38. The molecule has 2 amide bonds. The summed E-state index contributed by atoms with van der Waals surface area (Å²) in [6.45, 7) is 2.41. The molecule has 0 aliphatic carbocycles. The number of amides is 2. The van der Waals surface area contributed by atoms with Gasteiger partial charge in [-0.1, -0.05) is 6.07 Å². The van der Waals surface area contributed by atoms with Crippen LogP contribution in [0, 0.1) is 5.41 Å². The van der Waals surface area contributed by atoms with Crippen LogP contribution >= 0.6 is 34.9 Å². The molecule has 0 bridgehead atoms. The number of aromatic nitrogens is 2. The Labute approximate surface area is 196 Å². The molecule has 2 fully saturated rings. The van der Waals surface area contributed by atoms with Gasteiger partial charge in [-0.15, -0.1) is 34.9 Å². The van der Waals surface area contributed by atoms with Crippen LogP contribution in [0.2, 0.25) is 0 Å². The number of carboxylic acid groups (broad SMARTS) is 1. The van der Waals surface area contributed by atoms with Crippen LogP contribution in [0.1, 0.15) is 11.8 Å². The van der Waals surface area contributed by atoms with Crippen molar-refractivity contribution in [2.24, 2.45) is 5.41 Å². The molecule has 2 aromatic rings. The van der Waals surface area contributed by atoms with Gasteiger partial charge in [0, 0.05) is 35.7 Å². The molecule has 4 heterocycles. The lowest BCUT2D eigenvalue weighted by Crippen LogP contribution is -2.74. The maximum absolute atomic E-state index is 12.7. The Morgan fingerprint density at radius 3 is 2.84 bits per heavy atom. The zero-order chi connectivity index (χ0) is 22.9. The zero-order valence-electron chi connectivity index (χ0n) is 17.2. The number of nitrogens with one attached hydrogen (secondary N) is 1. The standard InChI is InChI=1S/C20H22N4O5S3/c1-2-23-6-5-14(22-19(23)29)31-10-20(18(27)28)9-24-16(26)15(17(24)32-11-20)21-13(25)8-12-4-3-7-30-12/h3-7,15,17H,2,8-11H2,1H3,(H,21,25)(H,27,28)/t15-,17-,20?/m1/s1. The molecule has 4 rings (SSSR count). The van der Waals surface area contributed by atoms with Crippen LogP contribution in [-0.2, 0) is 27.3 Å². The number of aryl methyl sites for hydroxylation is 1. The molecule has 12 heteroatoms. The maximum Gasteiger partial charge on any atom is 0.348 e. The summed E-state index contributed by atoms with van der Waals surface area (Å²) in [5.74, 6) is -0.988. The molecule has 2 aliphatic rings. The Morgan fingerprint density at radius 2 is 2.19 bits per heavy atom. The van der Waals surface area contributed by atoms with E-state index in [0.717, 1.165) is 4.88 Å². The minimum Gasteiger partial charge on any atom is -0.481 e. The second-order valence-corrected chi connectivity index (χ2v) is 10.8. The fourth-order valence-electron chi connectivity index (χ4n) is 3.65. The number of thioether (sulfide) groups is 2. The summed E-state index contributed by atoms with van der Waals surface area (Å²) >= 11 is 4.05. The van der Waals surface area contributed by atoms with Gasteiger partial charge >= 0.3 is 11.7 Å². The average molecular weight is 495 g/mol. The van der Waals surface area contributed by atoms with E-state index in [1.54, 1.807) is 12.3 Å². The topological polar surface area (TPSA) is 122 Å². The number of carbonyl (C=O) groups is 3. The summed E-state index contributed by atoms with van der Waals surface area (Å²) in [5.41, 5.74) is -1.53. The molecule has 2 aromatic heterocycles. The number of carbonyl (C=O) groups excluding carboxylic acids is 2. The van der Waals surface area contributed by atoms with Crippen LogP contribution < -0.4 is 11.0 Å². The lowest BCUT2D eigenvalue weighted by Gasteiger charge is -2.53. The molecular weight excluding hydrogens is 472 g/mol. The van der Waals surface area contributed by atoms with E-state index in [1.807, 2.05) is 24.4 Å². The largest absolute Gasteiger partial charge is 0.481 e. The van der Waals surface area contributed by atoms with Gasteiger partial charge in [0.2, 0.25) is 11.8 Å². The number of fused-ring (bicyclic) bond motifs is 1. The highest BCUT2D eigenvalue weighted by atomic mass is 32.2. The summed E-state index contributed by atoms with van der Waals surface area (Å²) in [6.07, 6.45) is 1.86. The van der Waals surface area contributed by atoms with Crippen LogP contribution in [0.25, 0.3) is 0 Å². The lowest BCUT2D eigenvalue weighted by atomic mass is 9.89. The summed E-state index contributed by atoms with van der Waals surface area (Å²) in [6, 6.07) is 4.80. The number of hydrogen-bond acceptors (Lipinski definition) is 8.